The molecule has 46 valence electrons. The number of rotatable bonds is 0. The average molecular weight is 126 g/mol. The van der Waals surface area contributed by atoms with Crippen LogP contribution in [0.1, 0.15) is 2.85 Å². The van der Waals surface area contributed by atoms with Gasteiger partial charge in [0.1, 0.15) is 11.5 Å². The topological polar surface area (TPSA) is 40.5 Å². The molecule has 1 aromatic rings. The molecular formula is C6H8Li2O2. The van der Waals surface area contributed by atoms with Crippen molar-refractivity contribution in [1.82, 2.24) is 0 Å². The van der Waals surface area contributed by atoms with Crippen molar-refractivity contribution in [1.29, 1.82) is 0 Å². The van der Waals surface area contributed by atoms with Gasteiger partial charge in [-0.3, -0.25) is 0 Å². The number of aromatic hydroxyl groups is 2. The van der Waals surface area contributed by atoms with Crippen LogP contribution in [0, 0.1) is 0 Å². The standard InChI is InChI=1S/C6H6O2.2Li.2H/c7-5-1-2-6(8)4-3-5;;;;/h1-4,7-8H;;;;/q;2*+1;2*-1. The molecule has 0 aliphatic heterocycles. The second kappa shape index (κ2) is 5.77. The molecule has 4 heteroatoms. The molecule has 0 fully saturated rings. The van der Waals surface area contributed by atoms with Crippen LogP contribution >= 0.6 is 0 Å². The van der Waals surface area contributed by atoms with E-state index in [1.54, 1.807) is 0 Å². The minimum atomic E-state index is 0. The quantitative estimate of drug-likeness (QED) is 0.271. The van der Waals surface area contributed by atoms with Gasteiger partial charge in [0.25, 0.3) is 0 Å². The van der Waals surface area contributed by atoms with Crippen molar-refractivity contribution in [3.8, 4) is 11.5 Å². The summed E-state index contributed by atoms with van der Waals surface area (Å²) in [5, 5.41) is 17.3. The molecule has 0 heterocycles. The van der Waals surface area contributed by atoms with Crippen LogP contribution in [-0.4, -0.2) is 10.2 Å². The molecule has 2 nitrogen and oxygen atoms in total. The third-order valence-corrected chi connectivity index (χ3v) is 0.850. The summed E-state index contributed by atoms with van der Waals surface area (Å²) >= 11 is 0. The summed E-state index contributed by atoms with van der Waals surface area (Å²) in [6, 6.07) is 5.70. The molecule has 0 aliphatic carbocycles. The molecule has 1 aromatic carbocycles. The van der Waals surface area contributed by atoms with E-state index in [2.05, 4.69) is 0 Å². The summed E-state index contributed by atoms with van der Waals surface area (Å²) in [4.78, 5) is 0. The van der Waals surface area contributed by atoms with Gasteiger partial charge in [-0.25, -0.2) is 0 Å². The Morgan fingerprint density at radius 1 is 0.800 bits per heavy atom. The third kappa shape index (κ3) is 3.93. The molecule has 2 N–H and O–H groups in total. The molecule has 10 heavy (non-hydrogen) atoms. The van der Waals surface area contributed by atoms with Gasteiger partial charge in [-0.05, 0) is 24.3 Å². The predicted octanol–water partition coefficient (Wildman–Crippen LogP) is -4.67. The van der Waals surface area contributed by atoms with Crippen molar-refractivity contribution in [2.24, 2.45) is 0 Å². The van der Waals surface area contributed by atoms with Gasteiger partial charge in [0.15, 0.2) is 0 Å². The molecule has 0 radical (unpaired) electrons. The maximum absolute atomic E-state index is 8.65. The summed E-state index contributed by atoms with van der Waals surface area (Å²) in [6.45, 7) is 0. The van der Waals surface area contributed by atoms with Crippen LogP contribution in [0.15, 0.2) is 24.3 Å². The second-order valence-corrected chi connectivity index (χ2v) is 1.52. The first-order chi connectivity index (χ1) is 3.79. The number of phenols is 2. The Labute approximate surface area is 86.6 Å². The van der Waals surface area contributed by atoms with Gasteiger partial charge < -0.3 is 13.1 Å². The molecule has 0 aromatic heterocycles. The molecule has 0 saturated heterocycles. The van der Waals surface area contributed by atoms with E-state index in [-0.39, 0.29) is 52.1 Å². The summed E-state index contributed by atoms with van der Waals surface area (Å²) in [5.41, 5.74) is 0. The summed E-state index contributed by atoms with van der Waals surface area (Å²) < 4.78 is 0. The van der Waals surface area contributed by atoms with Crippen LogP contribution in [-0.2, 0) is 0 Å². The first kappa shape index (κ1) is 12.7. The zero-order chi connectivity index (χ0) is 5.98. The average Bonchev–Trinajstić information content (AvgIpc) is 1.77. The molecular weight excluding hydrogens is 118 g/mol. The summed E-state index contributed by atoms with van der Waals surface area (Å²) in [7, 11) is 0. The second-order valence-electron chi connectivity index (χ2n) is 1.52. The Balaban J connectivity index is -0.0000000800. The van der Waals surface area contributed by atoms with Gasteiger partial charge in [0.2, 0.25) is 0 Å². The van der Waals surface area contributed by atoms with Crippen LogP contribution in [0.5, 0.6) is 11.5 Å². The Morgan fingerprint density at radius 3 is 1.20 bits per heavy atom. The van der Waals surface area contributed by atoms with E-state index >= 15 is 0 Å². The summed E-state index contributed by atoms with van der Waals surface area (Å²) in [5.74, 6) is 0.339. The van der Waals surface area contributed by atoms with E-state index in [0.29, 0.717) is 0 Å². The molecule has 0 amide bonds. The van der Waals surface area contributed by atoms with Gasteiger partial charge in [-0.15, -0.1) is 0 Å². The van der Waals surface area contributed by atoms with Crippen molar-refractivity contribution in [2.75, 3.05) is 0 Å². The Morgan fingerprint density at radius 2 is 1.00 bits per heavy atom. The molecule has 0 bridgehead atoms. The van der Waals surface area contributed by atoms with E-state index in [4.69, 9.17) is 10.2 Å². The van der Waals surface area contributed by atoms with Gasteiger partial charge in [-0.2, -0.15) is 0 Å². The number of benzene rings is 1. The van der Waals surface area contributed by atoms with Crippen molar-refractivity contribution in [2.45, 2.75) is 0 Å². The maximum Gasteiger partial charge on any atom is 1.00 e. The van der Waals surface area contributed by atoms with Crippen LogP contribution < -0.4 is 37.7 Å². The van der Waals surface area contributed by atoms with Crippen LogP contribution in [0.4, 0.5) is 0 Å². The molecule has 0 spiro atoms. The van der Waals surface area contributed by atoms with E-state index in [9.17, 15) is 0 Å². The van der Waals surface area contributed by atoms with Gasteiger partial charge in [0.05, 0.1) is 0 Å². The normalized spacial score (nSPS) is 7.20. The van der Waals surface area contributed by atoms with Gasteiger partial charge >= 0.3 is 37.7 Å². The smallest absolute Gasteiger partial charge is 1.00 e. The Kier molecular flexibility index (Phi) is 7.32. The minimum Gasteiger partial charge on any atom is -1.00 e. The van der Waals surface area contributed by atoms with Crippen LogP contribution in [0.2, 0.25) is 0 Å². The fraction of sp³-hybridized carbons (Fsp3) is 0. The van der Waals surface area contributed by atoms with Crippen LogP contribution in [0.3, 0.4) is 0 Å². The monoisotopic (exact) mass is 126 g/mol. The largest absolute Gasteiger partial charge is 1.00 e. The molecule has 1 rings (SSSR count). The first-order valence-corrected chi connectivity index (χ1v) is 2.27. The fourth-order valence-corrected chi connectivity index (χ4v) is 0.453. The first-order valence-electron chi connectivity index (χ1n) is 2.27. The van der Waals surface area contributed by atoms with E-state index < -0.39 is 0 Å². The number of hydrogen-bond acceptors (Lipinski definition) is 2. The minimum absolute atomic E-state index is 0. The van der Waals surface area contributed by atoms with Gasteiger partial charge in [0, 0.05) is 0 Å². The Bertz CT molecular complexity index is 160. The van der Waals surface area contributed by atoms with Crippen LogP contribution in [0.25, 0.3) is 0 Å². The Hall–Kier alpha value is 0.0148. The molecule has 0 saturated carbocycles. The van der Waals surface area contributed by atoms with Crippen molar-refractivity contribution in [3.63, 3.8) is 0 Å². The van der Waals surface area contributed by atoms with E-state index in [1.807, 2.05) is 0 Å². The number of hydrogen-bond donors (Lipinski definition) is 2. The third-order valence-electron chi connectivity index (χ3n) is 0.850. The molecule has 0 aliphatic rings. The molecule has 0 unspecified atom stereocenters. The van der Waals surface area contributed by atoms with Gasteiger partial charge in [-0.1, -0.05) is 0 Å². The maximum atomic E-state index is 8.65. The predicted molar refractivity (Wildman–Crippen MR) is 32.0 cm³/mol. The van der Waals surface area contributed by atoms with Crippen molar-refractivity contribution in [3.05, 3.63) is 24.3 Å². The zero-order valence-electron chi connectivity index (χ0n) is 8.20. The van der Waals surface area contributed by atoms with Crippen molar-refractivity contribution >= 4 is 0 Å². The summed E-state index contributed by atoms with van der Waals surface area (Å²) in [6.07, 6.45) is 0. The van der Waals surface area contributed by atoms with E-state index in [1.165, 1.54) is 24.3 Å². The SMILES string of the molecule is Oc1ccc(O)cc1.[H-].[H-].[Li+].[Li+]. The van der Waals surface area contributed by atoms with E-state index in [0.717, 1.165) is 0 Å². The zero-order valence-corrected chi connectivity index (χ0v) is 6.20. The van der Waals surface area contributed by atoms with Crippen molar-refractivity contribution < 1.29 is 50.8 Å². The fourth-order valence-electron chi connectivity index (χ4n) is 0.453. The number of phenolic OH excluding ortho intramolecular Hbond substituents is 2. The molecule has 0 atom stereocenters.